The third-order valence-corrected chi connectivity index (χ3v) is 1.77. The normalized spacial score (nSPS) is 9.93. The highest BCUT2D eigenvalue weighted by Gasteiger charge is 2.07. The standard InChI is InChI=1S/C9H9N5O/c1-6-2-11-8(5-10-6)9(15)14-7-3-12-13-4-7/h2-5H,1H3,(H,12,13)(H,14,15). The van der Waals surface area contributed by atoms with Gasteiger partial charge in [0, 0.05) is 12.4 Å². The number of carbonyl (C=O) groups excluding carboxylic acids is 1. The summed E-state index contributed by atoms with van der Waals surface area (Å²) in [5.41, 5.74) is 1.65. The van der Waals surface area contributed by atoms with Gasteiger partial charge in [-0.1, -0.05) is 0 Å². The molecule has 0 aliphatic carbocycles. The molecule has 2 rings (SSSR count). The zero-order valence-electron chi connectivity index (χ0n) is 8.06. The summed E-state index contributed by atoms with van der Waals surface area (Å²) in [6.07, 6.45) is 6.08. The lowest BCUT2D eigenvalue weighted by molar-refractivity contribution is 0.102. The number of aryl methyl sites for hydroxylation is 1. The first-order valence-electron chi connectivity index (χ1n) is 4.34. The van der Waals surface area contributed by atoms with Gasteiger partial charge in [0.2, 0.25) is 0 Å². The number of aromatic amines is 1. The van der Waals surface area contributed by atoms with Crippen LogP contribution in [-0.4, -0.2) is 26.1 Å². The van der Waals surface area contributed by atoms with Crippen molar-refractivity contribution in [3.63, 3.8) is 0 Å². The van der Waals surface area contributed by atoms with E-state index in [2.05, 4.69) is 25.5 Å². The van der Waals surface area contributed by atoms with E-state index in [0.29, 0.717) is 5.69 Å². The molecule has 0 unspecified atom stereocenters. The summed E-state index contributed by atoms with van der Waals surface area (Å²) in [6.45, 7) is 1.81. The van der Waals surface area contributed by atoms with Gasteiger partial charge in [0.1, 0.15) is 5.69 Å². The second-order valence-corrected chi connectivity index (χ2v) is 2.98. The third-order valence-electron chi connectivity index (χ3n) is 1.77. The minimum atomic E-state index is -0.302. The monoisotopic (exact) mass is 203 g/mol. The Morgan fingerprint density at radius 3 is 2.80 bits per heavy atom. The average Bonchev–Trinajstić information content (AvgIpc) is 2.71. The van der Waals surface area contributed by atoms with E-state index in [1.165, 1.54) is 12.4 Å². The van der Waals surface area contributed by atoms with Crippen LogP contribution >= 0.6 is 0 Å². The summed E-state index contributed by atoms with van der Waals surface area (Å²) < 4.78 is 0. The number of carbonyl (C=O) groups is 1. The highest BCUT2D eigenvalue weighted by molar-refractivity contribution is 6.02. The zero-order chi connectivity index (χ0) is 10.7. The number of nitrogens with one attached hydrogen (secondary N) is 2. The molecule has 0 aliphatic heterocycles. The maximum absolute atomic E-state index is 11.6. The first-order valence-corrected chi connectivity index (χ1v) is 4.34. The Balaban J connectivity index is 2.11. The van der Waals surface area contributed by atoms with Crippen LogP contribution < -0.4 is 5.32 Å². The van der Waals surface area contributed by atoms with Crippen molar-refractivity contribution in [3.05, 3.63) is 36.2 Å². The van der Waals surface area contributed by atoms with Crippen LogP contribution in [0.5, 0.6) is 0 Å². The minimum absolute atomic E-state index is 0.279. The molecule has 0 saturated heterocycles. The fraction of sp³-hybridized carbons (Fsp3) is 0.111. The van der Waals surface area contributed by atoms with E-state index in [0.717, 1.165) is 5.69 Å². The lowest BCUT2D eigenvalue weighted by atomic mass is 10.4. The predicted octanol–water partition coefficient (Wildman–Crippen LogP) is 0.760. The summed E-state index contributed by atoms with van der Waals surface area (Å²) in [5.74, 6) is -0.302. The molecular formula is C9H9N5O. The molecule has 2 heterocycles. The van der Waals surface area contributed by atoms with Crippen molar-refractivity contribution in [2.24, 2.45) is 0 Å². The Hall–Kier alpha value is -2.24. The van der Waals surface area contributed by atoms with E-state index in [9.17, 15) is 4.79 Å². The van der Waals surface area contributed by atoms with Crippen LogP contribution in [0.3, 0.4) is 0 Å². The SMILES string of the molecule is Cc1cnc(C(=O)Nc2cn[nH]c2)cn1. The maximum atomic E-state index is 11.6. The summed E-state index contributed by atoms with van der Waals surface area (Å²) in [7, 11) is 0. The van der Waals surface area contributed by atoms with Crippen molar-refractivity contribution in [1.29, 1.82) is 0 Å². The minimum Gasteiger partial charge on any atom is -0.318 e. The first kappa shape index (κ1) is 9.32. The molecule has 6 nitrogen and oxygen atoms in total. The number of hydrogen-bond acceptors (Lipinski definition) is 4. The van der Waals surface area contributed by atoms with Gasteiger partial charge in [-0.3, -0.25) is 14.9 Å². The smallest absolute Gasteiger partial charge is 0.275 e. The van der Waals surface area contributed by atoms with Gasteiger partial charge in [0.05, 0.1) is 23.8 Å². The first-order chi connectivity index (χ1) is 7.25. The van der Waals surface area contributed by atoms with E-state index in [1.807, 2.05) is 6.92 Å². The maximum Gasteiger partial charge on any atom is 0.275 e. The van der Waals surface area contributed by atoms with Gasteiger partial charge in [-0.05, 0) is 6.92 Å². The molecule has 0 saturated carbocycles. The van der Waals surface area contributed by atoms with Crippen molar-refractivity contribution in [1.82, 2.24) is 20.2 Å². The zero-order valence-corrected chi connectivity index (χ0v) is 8.06. The summed E-state index contributed by atoms with van der Waals surface area (Å²) in [4.78, 5) is 19.5. The van der Waals surface area contributed by atoms with Crippen molar-refractivity contribution in [2.75, 3.05) is 5.32 Å². The fourth-order valence-corrected chi connectivity index (χ4v) is 1.02. The van der Waals surface area contributed by atoms with Crippen molar-refractivity contribution >= 4 is 11.6 Å². The Bertz CT molecular complexity index is 448. The van der Waals surface area contributed by atoms with E-state index in [1.54, 1.807) is 12.4 Å². The van der Waals surface area contributed by atoms with Crippen LogP contribution in [0.4, 0.5) is 5.69 Å². The number of nitrogens with zero attached hydrogens (tertiary/aromatic N) is 3. The lowest BCUT2D eigenvalue weighted by Gasteiger charge is -2.00. The molecule has 0 spiro atoms. The van der Waals surface area contributed by atoms with Gasteiger partial charge in [-0.15, -0.1) is 0 Å². The van der Waals surface area contributed by atoms with Crippen molar-refractivity contribution in [3.8, 4) is 0 Å². The molecule has 15 heavy (non-hydrogen) atoms. The van der Waals surface area contributed by atoms with Gasteiger partial charge in [-0.25, -0.2) is 4.98 Å². The largest absolute Gasteiger partial charge is 0.318 e. The second-order valence-electron chi connectivity index (χ2n) is 2.98. The molecular weight excluding hydrogens is 194 g/mol. The molecule has 2 aromatic heterocycles. The molecule has 76 valence electrons. The highest BCUT2D eigenvalue weighted by atomic mass is 16.1. The molecule has 0 radical (unpaired) electrons. The molecule has 0 aromatic carbocycles. The van der Waals surface area contributed by atoms with Gasteiger partial charge in [0.25, 0.3) is 5.91 Å². The van der Waals surface area contributed by atoms with Gasteiger partial charge in [-0.2, -0.15) is 5.10 Å². The van der Waals surface area contributed by atoms with E-state index in [4.69, 9.17) is 0 Å². The molecule has 0 atom stereocenters. The van der Waals surface area contributed by atoms with E-state index >= 15 is 0 Å². The van der Waals surface area contributed by atoms with Gasteiger partial charge >= 0.3 is 0 Å². The summed E-state index contributed by atoms with van der Waals surface area (Å²) >= 11 is 0. The molecule has 0 aliphatic rings. The Morgan fingerprint density at radius 2 is 2.20 bits per heavy atom. The summed E-state index contributed by atoms with van der Waals surface area (Å²) in [5, 5.41) is 8.92. The van der Waals surface area contributed by atoms with Crippen LogP contribution in [0.25, 0.3) is 0 Å². The second kappa shape index (κ2) is 3.87. The Labute approximate surface area is 85.8 Å². The molecule has 0 bridgehead atoms. The van der Waals surface area contributed by atoms with Crippen LogP contribution in [0.2, 0.25) is 0 Å². The molecule has 6 heteroatoms. The van der Waals surface area contributed by atoms with Crippen molar-refractivity contribution in [2.45, 2.75) is 6.92 Å². The van der Waals surface area contributed by atoms with Crippen LogP contribution in [0, 0.1) is 6.92 Å². The number of H-pyrrole nitrogens is 1. The molecule has 2 aromatic rings. The fourth-order valence-electron chi connectivity index (χ4n) is 1.02. The number of amides is 1. The van der Waals surface area contributed by atoms with Gasteiger partial charge < -0.3 is 5.32 Å². The number of rotatable bonds is 2. The van der Waals surface area contributed by atoms with Crippen molar-refractivity contribution < 1.29 is 4.79 Å². The van der Waals surface area contributed by atoms with E-state index < -0.39 is 0 Å². The van der Waals surface area contributed by atoms with Crippen LogP contribution in [0.15, 0.2) is 24.8 Å². The number of anilines is 1. The Morgan fingerprint density at radius 1 is 1.33 bits per heavy atom. The molecule has 1 amide bonds. The average molecular weight is 203 g/mol. The predicted molar refractivity (Wildman–Crippen MR) is 53.3 cm³/mol. The van der Waals surface area contributed by atoms with E-state index in [-0.39, 0.29) is 11.6 Å². The quantitative estimate of drug-likeness (QED) is 0.754. The molecule has 2 N–H and O–H groups in total. The Kier molecular flexibility index (Phi) is 2.40. The van der Waals surface area contributed by atoms with Crippen LogP contribution in [0.1, 0.15) is 16.2 Å². The summed E-state index contributed by atoms with van der Waals surface area (Å²) in [6, 6.07) is 0. The van der Waals surface area contributed by atoms with Gasteiger partial charge in [0.15, 0.2) is 0 Å². The number of hydrogen-bond donors (Lipinski definition) is 2. The third kappa shape index (κ3) is 2.16. The molecule has 0 fully saturated rings. The lowest BCUT2D eigenvalue weighted by Crippen LogP contribution is -2.13. The van der Waals surface area contributed by atoms with Crippen LogP contribution in [-0.2, 0) is 0 Å². The number of aromatic nitrogens is 4. The highest BCUT2D eigenvalue weighted by Crippen LogP contribution is 2.03. The topological polar surface area (TPSA) is 83.6 Å².